The highest BCUT2D eigenvalue weighted by molar-refractivity contribution is 5.96. The first-order valence-electron chi connectivity index (χ1n) is 13.3. The van der Waals surface area contributed by atoms with Gasteiger partial charge in [-0.3, -0.25) is 14.3 Å². The number of allylic oxidation sites excluding steroid dienone is 5. The Kier molecular flexibility index (Phi) is 21.0. The van der Waals surface area contributed by atoms with Crippen molar-refractivity contribution in [3.05, 3.63) is 89.3 Å². The van der Waals surface area contributed by atoms with Gasteiger partial charge in [0.25, 0.3) is 5.91 Å². The average molecular weight is 582 g/mol. The summed E-state index contributed by atoms with van der Waals surface area (Å²) < 4.78 is 53.7. The van der Waals surface area contributed by atoms with Crippen molar-refractivity contribution in [3.8, 4) is 0 Å². The predicted molar refractivity (Wildman–Crippen MR) is 158 cm³/mol. The van der Waals surface area contributed by atoms with E-state index in [0.717, 1.165) is 24.1 Å². The summed E-state index contributed by atoms with van der Waals surface area (Å²) in [5, 5.41) is 7.84. The summed E-state index contributed by atoms with van der Waals surface area (Å²) >= 11 is 0. The summed E-state index contributed by atoms with van der Waals surface area (Å²) in [6.45, 7) is 16.3. The Labute approximate surface area is 240 Å². The summed E-state index contributed by atoms with van der Waals surface area (Å²) in [7, 11) is 0. The van der Waals surface area contributed by atoms with Crippen LogP contribution in [-0.2, 0) is 24.2 Å². The molecule has 0 fully saturated rings. The van der Waals surface area contributed by atoms with Gasteiger partial charge < -0.3 is 5.73 Å². The first kappa shape index (κ1) is 39.3. The van der Waals surface area contributed by atoms with E-state index in [2.05, 4.69) is 22.2 Å². The molecule has 0 aliphatic carbocycles. The minimum atomic E-state index is -4.67. The molecule has 0 aliphatic heterocycles. The second-order valence-corrected chi connectivity index (χ2v) is 7.75. The highest BCUT2D eigenvalue weighted by Gasteiger charge is 2.34. The van der Waals surface area contributed by atoms with Gasteiger partial charge in [0.1, 0.15) is 12.5 Å². The molecule has 0 saturated heterocycles. The lowest BCUT2D eigenvalue weighted by atomic mass is 10.1. The molecule has 0 radical (unpaired) electrons. The highest BCUT2D eigenvalue weighted by atomic mass is 19.4. The van der Waals surface area contributed by atoms with E-state index in [1.54, 1.807) is 19.1 Å². The normalized spacial score (nSPS) is 11.9. The molecule has 1 unspecified atom stereocenters. The van der Waals surface area contributed by atoms with Crippen LogP contribution < -0.4 is 11.2 Å². The number of benzene rings is 1. The molecular formula is C30H43F4N5O2. The second kappa shape index (κ2) is 21.9. The van der Waals surface area contributed by atoms with Crippen LogP contribution in [0.2, 0.25) is 0 Å². The number of hydrazone groups is 1. The maximum Gasteiger partial charge on any atom is 0.417 e. The zero-order valence-corrected chi connectivity index (χ0v) is 24.9. The van der Waals surface area contributed by atoms with Crippen LogP contribution in [0.1, 0.15) is 82.2 Å². The standard InChI is InChI=1S/C22H22F4N4O.C4H9NO.2C2H6/c1-3-5-8-16(4-2)11-12-30-18(13-17(14-23)29-30)15-27-28-21(31)19-9-6-7-10-20(19)22(24,25)26;1-3(5)4(2)6;2*1-2/h3,5-11,13,15H,1,4,12,14H2,2H3,(H,28,31);3H,5H2,1-2H3;2*1-2H3/b8-5-,16-11-,27-15+;;;. The number of aromatic nitrogens is 2. The molecule has 1 amide bonds. The lowest BCUT2D eigenvalue weighted by Crippen LogP contribution is -2.23. The third kappa shape index (κ3) is 15.5. The number of hydrogen-bond donors (Lipinski definition) is 2. The van der Waals surface area contributed by atoms with E-state index in [9.17, 15) is 27.2 Å². The van der Waals surface area contributed by atoms with Gasteiger partial charge in [-0.25, -0.2) is 9.82 Å². The molecular weight excluding hydrogens is 538 g/mol. The minimum Gasteiger partial charge on any atom is -0.322 e. The summed E-state index contributed by atoms with van der Waals surface area (Å²) in [5.74, 6) is -0.973. The van der Waals surface area contributed by atoms with E-state index in [0.29, 0.717) is 12.2 Å². The van der Waals surface area contributed by atoms with Gasteiger partial charge in [0.2, 0.25) is 0 Å². The molecule has 2 aromatic rings. The van der Waals surface area contributed by atoms with Crippen molar-refractivity contribution in [3.63, 3.8) is 0 Å². The smallest absolute Gasteiger partial charge is 0.322 e. The van der Waals surface area contributed by atoms with Crippen molar-refractivity contribution in [1.29, 1.82) is 0 Å². The molecule has 41 heavy (non-hydrogen) atoms. The Morgan fingerprint density at radius 1 is 1.20 bits per heavy atom. The van der Waals surface area contributed by atoms with Gasteiger partial charge in [0.05, 0.1) is 41.3 Å². The van der Waals surface area contributed by atoms with Crippen LogP contribution in [0.4, 0.5) is 17.6 Å². The minimum absolute atomic E-state index is 0.0370. The van der Waals surface area contributed by atoms with E-state index in [1.165, 1.54) is 36.0 Å². The topological polar surface area (TPSA) is 102 Å². The number of rotatable bonds is 10. The molecule has 0 saturated carbocycles. The fourth-order valence-corrected chi connectivity index (χ4v) is 2.67. The lowest BCUT2D eigenvalue weighted by molar-refractivity contribution is -0.138. The zero-order chi connectivity index (χ0) is 32.0. The molecule has 7 nitrogen and oxygen atoms in total. The number of carbonyl (C=O) groups excluding carboxylic acids is 2. The van der Waals surface area contributed by atoms with Crippen molar-refractivity contribution in [2.24, 2.45) is 10.8 Å². The molecule has 1 aromatic heterocycles. The highest BCUT2D eigenvalue weighted by Crippen LogP contribution is 2.31. The lowest BCUT2D eigenvalue weighted by Gasteiger charge is -2.10. The van der Waals surface area contributed by atoms with E-state index in [4.69, 9.17) is 5.73 Å². The number of hydrogen-bond acceptors (Lipinski definition) is 5. The molecule has 1 atom stereocenters. The quantitative estimate of drug-likeness (QED) is 0.134. The van der Waals surface area contributed by atoms with Gasteiger partial charge in [0, 0.05) is 0 Å². The van der Waals surface area contributed by atoms with Crippen molar-refractivity contribution >= 4 is 17.9 Å². The number of Topliss-reactive ketones (excluding diaryl/α,β-unsaturated/α-hetero) is 1. The van der Waals surface area contributed by atoms with Crippen LogP contribution in [0.25, 0.3) is 0 Å². The Bertz CT molecular complexity index is 1150. The van der Waals surface area contributed by atoms with E-state index in [-0.39, 0.29) is 17.5 Å². The Morgan fingerprint density at radius 2 is 1.78 bits per heavy atom. The summed E-state index contributed by atoms with van der Waals surface area (Å²) in [4.78, 5) is 22.2. The molecule has 1 aromatic carbocycles. The van der Waals surface area contributed by atoms with Crippen LogP contribution in [0, 0.1) is 0 Å². The SMILES string of the molecule is C=C/C=C\C(=C/Cn1nc(CF)cc1/C=N/NC(=O)c1ccccc1C(F)(F)F)CC.CC.CC.CC(=O)C(C)N. The molecule has 0 bridgehead atoms. The fourth-order valence-electron chi connectivity index (χ4n) is 2.67. The van der Waals surface area contributed by atoms with Gasteiger partial charge in [-0.05, 0) is 38.5 Å². The van der Waals surface area contributed by atoms with Crippen molar-refractivity contribution in [2.45, 2.75) is 80.3 Å². The van der Waals surface area contributed by atoms with E-state index in [1.807, 2.05) is 46.8 Å². The molecule has 1 heterocycles. The molecule has 3 N–H and O–H groups in total. The molecule has 228 valence electrons. The van der Waals surface area contributed by atoms with Gasteiger partial charge in [0.15, 0.2) is 0 Å². The van der Waals surface area contributed by atoms with E-state index >= 15 is 0 Å². The Morgan fingerprint density at radius 3 is 2.27 bits per heavy atom. The van der Waals surface area contributed by atoms with Crippen LogP contribution in [0.15, 0.2) is 71.9 Å². The second-order valence-electron chi connectivity index (χ2n) is 7.75. The zero-order valence-electron chi connectivity index (χ0n) is 24.9. The number of nitrogens with one attached hydrogen (secondary N) is 1. The maximum absolute atomic E-state index is 13.1. The predicted octanol–water partition coefficient (Wildman–Crippen LogP) is 7.19. The Hall–Kier alpha value is -3.86. The maximum atomic E-state index is 13.1. The molecule has 2 rings (SSSR count). The number of amides is 1. The number of carbonyl (C=O) groups is 2. The number of halogens is 4. The number of alkyl halides is 4. The fraction of sp³-hybridized carbons (Fsp3) is 0.400. The van der Waals surface area contributed by atoms with E-state index < -0.39 is 29.9 Å². The monoisotopic (exact) mass is 581 g/mol. The van der Waals surface area contributed by atoms with Crippen LogP contribution >= 0.6 is 0 Å². The Balaban J connectivity index is 0. The van der Waals surface area contributed by atoms with Gasteiger partial charge in [-0.2, -0.15) is 23.4 Å². The third-order valence-corrected chi connectivity index (χ3v) is 4.86. The van der Waals surface area contributed by atoms with Crippen LogP contribution in [0.3, 0.4) is 0 Å². The van der Waals surface area contributed by atoms with Gasteiger partial charge >= 0.3 is 6.18 Å². The van der Waals surface area contributed by atoms with Crippen molar-refractivity contribution in [2.75, 3.05) is 0 Å². The summed E-state index contributed by atoms with van der Waals surface area (Å²) in [6.07, 6.45) is 4.52. The summed E-state index contributed by atoms with van der Waals surface area (Å²) in [6, 6.07) is 5.56. The molecule has 0 spiro atoms. The number of ketones is 1. The molecule has 0 aliphatic rings. The number of nitrogens with zero attached hydrogens (tertiary/aromatic N) is 3. The van der Waals surface area contributed by atoms with Crippen LogP contribution in [-0.4, -0.2) is 33.7 Å². The largest absolute Gasteiger partial charge is 0.417 e. The first-order valence-corrected chi connectivity index (χ1v) is 13.3. The third-order valence-electron chi connectivity index (χ3n) is 4.86. The molecule has 11 heteroatoms. The number of nitrogens with two attached hydrogens (primary N) is 1. The van der Waals surface area contributed by atoms with Crippen molar-refractivity contribution < 1.29 is 27.2 Å². The van der Waals surface area contributed by atoms with Gasteiger partial charge in [-0.15, -0.1) is 0 Å². The van der Waals surface area contributed by atoms with Crippen LogP contribution in [0.5, 0.6) is 0 Å². The van der Waals surface area contributed by atoms with Crippen molar-refractivity contribution in [1.82, 2.24) is 15.2 Å². The summed E-state index contributed by atoms with van der Waals surface area (Å²) in [5.41, 5.74) is 7.12. The first-order chi connectivity index (χ1) is 19.4. The average Bonchev–Trinajstić information content (AvgIpc) is 3.37. The van der Waals surface area contributed by atoms with Gasteiger partial charge in [-0.1, -0.05) is 83.2 Å².